The standard InChI is InChI=1S/C14H17BrN2O2/c1-10(2)19-13-6-4-5-12(15)11(13)9-18-14-7-8-17(3)16-14/h4-8,10H,9H2,1-3H3. The van der Waals surface area contributed by atoms with Crippen molar-refractivity contribution in [2.45, 2.75) is 26.6 Å². The second-order valence-corrected chi connectivity index (χ2v) is 5.35. The summed E-state index contributed by atoms with van der Waals surface area (Å²) in [7, 11) is 1.86. The average Bonchev–Trinajstić information content (AvgIpc) is 2.73. The van der Waals surface area contributed by atoms with Crippen LogP contribution in [0.15, 0.2) is 34.9 Å². The van der Waals surface area contributed by atoms with Crippen LogP contribution in [0.1, 0.15) is 19.4 Å². The van der Waals surface area contributed by atoms with Gasteiger partial charge >= 0.3 is 0 Å². The molecule has 0 aliphatic carbocycles. The Hall–Kier alpha value is -1.49. The molecule has 0 atom stereocenters. The topological polar surface area (TPSA) is 36.3 Å². The van der Waals surface area contributed by atoms with Gasteiger partial charge in [0.25, 0.3) is 0 Å². The normalized spacial score (nSPS) is 10.8. The summed E-state index contributed by atoms with van der Waals surface area (Å²) in [4.78, 5) is 0. The highest BCUT2D eigenvalue weighted by molar-refractivity contribution is 9.10. The van der Waals surface area contributed by atoms with Gasteiger partial charge in [-0.2, -0.15) is 0 Å². The third-order valence-electron chi connectivity index (χ3n) is 2.49. The number of aromatic nitrogens is 2. The number of hydrogen-bond donors (Lipinski definition) is 0. The van der Waals surface area contributed by atoms with Crippen LogP contribution >= 0.6 is 15.9 Å². The monoisotopic (exact) mass is 324 g/mol. The molecule has 0 unspecified atom stereocenters. The Balaban J connectivity index is 2.14. The van der Waals surface area contributed by atoms with Gasteiger partial charge in [0.1, 0.15) is 12.4 Å². The molecule has 0 N–H and O–H groups in total. The van der Waals surface area contributed by atoms with E-state index in [0.717, 1.165) is 15.8 Å². The molecule has 0 spiro atoms. The summed E-state index contributed by atoms with van der Waals surface area (Å²) in [5.41, 5.74) is 0.988. The lowest BCUT2D eigenvalue weighted by atomic mass is 10.2. The van der Waals surface area contributed by atoms with E-state index in [9.17, 15) is 0 Å². The van der Waals surface area contributed by atoms with Gasteiger partial charge in [-0.05, 0) is 26.0 Å². The van der Waals surface area contributed by atoms with Crippen LogP contribution in [0.2, 0.25) is 0 Å². The third kappa shape index (κ3) is 3.73. The molecule has 0 fully saturated rings. The SMILES string of the molecule is CC(C)Oc1cccc(Br)c1COc1ccn(C)n1. The van der Waals surface area contributed by atoms with E-state index in [-0.39, 0.29) is 6.10 Å². The molecular weight excluding hydrogens is 308 g/mol. The molecule has 0 radical (unpaired) electrons. The van der Waals surface area contributed by atoms with E-state index in [1.165, 1.54) is 0 Å². The first-order valence-corrected chi connectivity index (χ1v) is 6.92. The fraction of sp³-hybridized carbons (Fsp3) is 0.357. The quantitative estimate of drug-likeness (QED) is 0.843. The van der Waals surface area contributed by atoms with Crippen molar-refractivity contribution in [3.05, 3.63) is 40.5 Å². The van der Waals surface area contributed by atoms with E-state index in [0.29, 0.717) is 12.5 Å². The molecule has 4 nitrogen and oxygen atoms in total. The van der Waals surface area contributed by atoms with Gasteiger partial charge in [0.2, 0.25) is 5.88 Å². The lowest BCUT2D eigenvalue weighted by molar-refractivity contribution is 0.228. The lowest BCUT2D eigenvalue weighted by Gasteiger charge is -2.15. The Kier molecular flexibility index (Phi) is 4.47. The molecule has 2 rings (SSSR count). The van der Waals surface area contributed by atoms with Gasteiger partial charge in [-0.1, -0.05) is 22.0 Å². The lowest BCUT2D eigenvalue weighted by Crippen LogP contribution is -2.09. The number of ether oxygens (including phenoxy) is 2. The highest BCUT2D eigenvalue weighted by atomic mass is 79.9. The van der Waals surface area contributed by atoms with E-state index in [4.69, 9.17) is 9.47 Å². The van der Waals surface area contributed by atoms with Gasteiger partial charge in [0.05, 0.1) is 6.10 Å². The molecule has 0 aliphatic rings. The zero-order valence-corrected chi connectivity index (χ0v) is 12.8. The van der Waals surface area contributed by atoms with Crippen molar-refractivity contribution >= 4 is 15.9 Å². The van der Waals surface area contributed by atoms with Crippen LogP contribution in [-0.4, -0.2) is 15.9 Å². The Morgan fingerprint density at radius 3 is 2.74 bits per heavy atom. The first-order valence-electron chi connectivity index (χ1n) is 6.12. The van der Waals surface area contributed by atoms with Gasteiger partial charge in [0, 0.05) is 29.3 Å². The second-order valence-electron chi connectivity index (χ2n) is 4.50. The number of nitrogens with zero attached hydrogens (tertiary/aromatic N) is 2. The first kappa shape index (κ1) is 13.9. The predicted octanol–water partition coefficient (Wildman–Crippen LogP) is 3.55. The van der Waals surface area contributed by atoms with Crippen molar-refractivity contribution < 1.29 is 9.47 Å². The van der Waals surface area contributed by atoms with Gasteiger partial charge in [-0.25, -0.2) is 0 Å². The Morgan fingerprint density at radius 2 is 2.11 bits per heavy atom. The van der Waals surface area contributed by atoms with Crippen LogP contribution in [0, 0.1) is 0 Å². The Labute approximate surface area is 121 Å². The molecule has 1 heterocycles. The highest BCUT2D eigenvalue weighted by Gasteiger charge is 2.11. The van der Waals surface area contributed by atoms with Crippen molar-refractivity contribution in [3.63, 3.8) is 0 Å². The van der Waals surface area contributed by atoms with E-state index < -0.39 is 0 Å². The predicted molar refractivity (Wildman–Crippen MR) is 77.4 cm³/mol. The third-order valence-corrected chi connectivity index (χ3v) is 3.24. The van der Waals surface area contributed by atoms with Crippen molar-refractivity contribution in [1.29, 1.82) is 0 Å². The summed E-state index contributed by atoms with van der Waals surface area (Å²) in [6.45, 7) is 4.43. The van der Waals surface area contributed by atoms with E-state index in [1.54, 1.807) is 4.68 Å². The minimum atomic E-state index is 0.128. The molecule has 19 heavy (non-hydrogen) atoms. The van der Waals surface area contributed by atoms with Crippen LogP contribution in [0.5, 0.6) is 11.6 Å². The van der Waals surface area contributed by atoms with Crippen molar-refractivity contribution in [2.75, 3.05) is 0 Å². The molecule has 0 saturated heterocycles. The molecule has 5 heteroatoms. The van der Waals surface area contributed by atoms with Gasteiger partial charge in [0.15, 0.2) is 0 Å². The summed E-state index contributed by atoms with van der Waals surface area (Å²) in [6.07, 6.45) is 1.98. The number of halogens is 1. The maximum atomic E-state index is 5.78. The van der Waals surface area contributed by atoms with Crippen molar-refractivity contribution in [2.24, 2.45) is 7.05 Å². The summed E-state index contributed by atoms with van der Waals surface area (Å²) >= 11 is 3.53. The average molecular weight is 325 g/mol. The van der Waals surface area contributed by atoms with Gasteiger partial charge in [-0.15, -0.1) is 5.10 Å². The van der Waals surface area contributed by atoms with Gasteiger partial charge in [-0.3, -0.25) is 4.68 Å². The molecule has 2 aromatic rings. The van der Waals surface area contributed by atoms with E-state index >= 15 is 0 Å². The maximum Gasteiger partial charge on any atom is 0.233 e. The molecule has 102 valence electrons. The van der Waals surface area contributed by atoms with Crippen molar-refractivity contribution in [1.82, 2.24) is 9.78 Å². The molecular formula is C14H17BrN2O2. The molecule has 1 aromatic carbocycles. The number of aryl methyl sites for hydroxylation is 1. The molecule has 0 aliphatic heterocycles. The summed E-state index contributed by atoms with van der Waals surface area (Å²) < 4.78 is 14.1. The summed E-state index contributed by atoms with van der Waals surface area (Å²) in [5, 5.41) is 4.18. The smallest absolute Gasteiger partial charge is 0.233 e. The second kappa shape index (κ2) is 6.10. The number of benzene rings is 1. The molecule has 1 aromatic heterocycles. The van der Waals surface area contributed by atoms with Crippen LogP contribution in [0.3, 0.4) is 0 Å². The maximum absolute atomic E-state index is 5.78. The Bertz CT molecular complexity index is 552. The summed E-state index contributed by atoms with van der Waals surface area (Å²) in [6, 6.07) is 7.71. The van der Waals surface area contributed by atoms with Crippen LogP contribution in [-0.2, 0) is 13.7 Å². The van der Waals surface area contributed by atoms with E-state index in [1.807, 2.05) is 51.4 Å². The zero-order chi connectivity index (χ0) is 13.8. The van der Waals surface area contributed by atoms with Crippen LogP contribution in [0.4, 0.5) is 0 Å². The van der Waals surface area contributed by atoms with Gasteiger partial charge < -0.3 is 9.47 Å². The fourth-order valence-electron chi connectivity index (χ4n) is 1.66. The Morgan fingerprint density at radius 1 is 1.32 bits per heavy atom. The minimum absolute atomic E-state index is 0.128. The zero-order valence-electron chi connectivity index (χ0n) is 11.3. The molecule has 0 saturated carbocycles. The van der Waals surface area contributed by atoms with Crippen LogP contribution in [0.25, 0.3) is 0 Å². The van der Waals surface area contributed by atoms with Crippen LogP contribution < -0.4 is 9.47 Å². The first-order chi connectivity index (χ1) is 9.06. The van der Waals surface area contributed by atoms with Crippen molar-refractivity contribution in [3.8, 4) is 11.6 Å². The molecule has 0 amide bonds. The van der Waals surface area contributed by atoms with E-state index in [2.05, 4.69) is 21.0 Å². The number of rotatable bonds is 5. The minimum Gasteiger partial charge on any atom is -0.491 e. The molecule has 0 bridgehead atoms. The number of hydrogen-bond acceptors (Lipinski definition) is 3. The largest absolute Gasteiger partial charge is 0.491 e. The summed E-state index contributed by atoms with van der Waals surface area (Å²) in [5.74, 6) is 1.44. The fourth-order valence-corrected chi connectivity index (χ4v) is 2.12. The highest BCUT2D eigenvalue weighted by Crippen LogP contribution is 2.28.